The van der Waals surface area contributed by atoms with Gasteiger partial charge in [-0.25, -0.2) is 4.79 Å². The van der Waals surface area contributed by atoms with Crippen LogP contribution in [-0.4, -0.2) is 17.2 Å². The summed E-state index contributed by atoms with van der Waals surface area (Å²) in [7, 11) is 0. The highest BCUT2D eigenvalue weighted by atomic mass is 32.1. The van der Waals surface area contributed by atoms with Gasteiger partial charge < -0.3 is 9.84 Å². The summed E-state index contributed by atoms with van der Waals surface area (Å²) in [6.07, 6.45) is 4.98. The summed E-state index contributed by atoms with van der Waals surface area (Å²) in [6, 6.07) is 1.75. The quantitative estimate of drug-likeness (QED) is 0.898. The molecule has 0 spiro atoms. The van der Waals surface area contributed by atoms with E-state index in [2.05, 4.69) is 13.8 Å². The molecule has 0 bridgehead atoms. The number of thiophene rings is 1. The summed E-state index contributed by atoms with van der Waals surface area (Å²) in [5.74, 6) is -0.848. The Morgan fingerprint density at radius 1 is 1.47 bits per heavy atom. The molecule has 0 saturated heterocycles. The van der Waals surface area contributed by atoms with Crippen molar-refractivity contribution >= 4 is 17.3 Å². The van der Waals surface area contributed by atoms with Crippen LogP contribution >= 0.6 is 11.3 Å². The summed E-state index contributed by atoms with van der Waals surface area (Å²) in [4.78, 5) is 12.4. The van der Waals surface area contributed by atoms with Gasteiger partial charge in [0.2, 0.25) is 0 Å². The van der Waals surface area contributed by atoms with E-state index in [1.54, 1.807) is 6.07 Å². The van der Waals surface area contributed by atoms with Gasteiger partial charge in [-0.15, -0.1) is 11.3 Å². The Labute approximate surface area is 118 Å². The number of hydrogen-bond acceptors (Lipinski definition) is 3. The zero-order valence-corrected chi connectivity index (χ0v) is 12.7. The number of aryl methyl sites for hydroxylation is 1. The van der Waals surface area contributed by atoms with E-state index >= 15 is 0 Å². The lowest BCUT2D eigenvalue weighted by Crippen LogP contribution is -2.26. The molecule has 0 aliphatic heterocycles. The van der Waals surface area contributed by atoms with Crippen LogP contribution in [0, 0.1) is 12.3 Å². The van der Waals surface area contributed by atoms with E-state index in [4.69, 9.17) is 9.84 Å². The van der Waals surface area contributed by atoms with Crippen LogP contribution in [0.15, 0.2) is 6.07 Å². The van der Waals surface area contributed by atoms with Crippen LogP contribution in [0.2, 0.25) is 0 Å². The van der Waals surface area contributed by atoms with Gasteiger partial charge in [0.15, 0.2) is 0 Å². The van der Waals surface area contributed by atoms with Crippen molar-refractivity contribution in [3.8, 4) is 0 Å². The summed E-state index contributed by atoms with van der Waals surface area (Å²) >= 11 is 1.33. The number of ether oxygens (including phenoxy) is 1. The largest absolute Gasteiger partial charge is 0.477 e. The van der Waals surface area contributed by atoms with Crippen LogP contribution in [-0.2, 0) is 11.3 Å². The minimum Gasteiger partial charge on any atom is -0.477 e. The van der Waals surface area contributed by atoms with Gasteiger partial charge in [-0.05, 0) is 49.7 Å². The molecule has 1 N–H and O–H groups in total. The van der Waals surface area contributed by atoms with Crippen molar-refractivity contribution in [2.75, 3.05) is 0 Å². The normalized spacial score (nSPS) is 19.5. The lowest BCUT2D eigenvalue weighted by molar-refractivity contribution is -0.00563. The van der Waals surface area contributed by atoms with Gasteiger partial charge in [0, 0.05) is 4.88 Å². The van der Waals surface area contributed by atoms with Crippen molar-refractivity contribution < 1.29 is 14.6 Å². The molecule has 1 aromatic rings. The minimum atomic E-state index is -0.848. The number of carboxylic acid groups (broad SMARTS) is 1. The molecule has 0 unspecified atom stereocenters. The predicted octanol–water partition coefficient (Wildman–Crippen LogP) is 4.24. The average Bonchev–Trinajstić information content (AvgIpc) is 2.70. The zero-order chi connectivity index (χ0) is 14.0. The monoisotopic (exact) mass is 282 g/mol. The van der Waals surface area contributed by atoms with E-state index in [-0.39, 0.29) is 0 Å². The molecule has 1 saturated carbocycles. The summed E-state index contributed by atoms with van der Waals surface area (Å²) in [5, 5.41) is 8.97. The molecule has 19 heavy (non-hydrogen) atoms. The molecule has 4 heteroatoms. The van der Waals surface area contributed by atoms with E-state index in [0.717, 1.165) is 23.3 Å². The first-order valence-electron chi connectivity index (χ1n) is 6.81. The van der Waals surface area contributed by atoms with Crippen LogP contribution in [0.4, 0.5) is 0 Å². The van der Waals surface area contributed by atoms with Gasteiger partial charge in [-0.2, -0.15) is 0 Å². The molecule has 1 fully saturated rings. The third-order valence-electron chi connectivity index (χ3n) is 3.99. The SMILES string of the molecule is Cc1sc(C(=O)O)cc1COC1CCC(C)(C)CC1. The Kier molecular flexibility index (Phi) is 4.31. The fraction of sp³-hybridized carbons (Fsp3) is 0.667. The molecule has 1 heterocycles. The van der Waals surface area contributed by atoms with Crippen molar-refractivity contribution in [1.82, 2.24) is 0 Å². The van der Waals surface area contributed by atoms with Gasteiger partial charge in [-0.1, -0.05) is 13.8 Å². The number of aromatic carboxylic acids is 1. The van der Waals surface area contributed by atoms with Gasteiger partial charge in [0.05, 0.1) is 12.7 Å². The van der Waals surface area contributed by atoms with Crippen molar-refractivity contribution in [2.45, 2.75) is 59.2 Å². The molecule has 1 aliphatic rings. The van der Waals surface area contributed by atoms with Crippen molar-refractivity contribution in [3.05, 3.63) is 21.4 Å². The van der Waals surface area contributed by atoms with Gasteiger partial charge in [0.25, 0.3) is 0 Å². The number of carbonyl (C=O) groups is 1. The molecule has 2 rings (SSSR count). The predicted molar refractivity (Wildman–Crippen MR) is 76.8 cm³/mol. The number of rotatable bonds is 4. The summed E-state index contributed by atoms with van der Waals surface area (Å²) in [5.41, 5.74) is 1.47. The van der Waals surface area contributed by atoms with Gasteiger partial charge >= 0.3 is 5.97 Å². The molecular weight excluding hydrogens is 260 g/mol. The second-order valence-electron chi connectivity index (χ2n) is 6.17. The van der Waals surface area contributed by atoms with E-state index in [9.17, 15) is 4.79 Å². The fourth-order valence-electron chi connectivity index (χ4n) is 2.52. The standard InChI is InChI=1S/C15H22O3S/c1-10-11(8-13(19-10)14(16)17)9-18-12-4-6-15(2,3)7-5-12/h8,12H,4-7,9H2,1-3H3,(H,16,17). The van der Waals surface area contributed by atoms with Crippen LogP contribution in [0.25, 0.3) is 0 Å². The second-order valence-corrected chi connectivity index (χ2v) is 7.43. The first kappa shape index (κ1) is 14.5. The molecule has 0 aromatic carbocycles. The molecule has 106 valence electrons. The van der Waals surface area contributed by atoms with E-state index in [1.807, 2.05) is 6.92 Å². The van der Waals surface area contributed by atoms with Gasteiger partial charge in [0.1, 0.15) is 4.88 Å². The maximum atomic E-state index is 10.9. The number of hydrogen-bond donors (Lipinski definition) is 1. The third kappa shape index (κ3) is 3.80. The molecule has 1 aliphatic carbocycles. The van der Waals surface area contributed by atoms with Crippen LogP contribution < -0.4 is 0 Å². The Bertz CT molecular complexity index is 452. The van der Waals surface area contributed by atoms with Crippen LogP contribution in [0.3, 0.4) is 0 Å². The minimum absolute atomic E-state index is 0.334. The highest BCUT2D eigenvalue weighted by Gasteiger charge is 2.27. The smallest absolute Gasteiger partial charge is 0.345 e. The maximum absolute atomic E-state index is 10.9. The maximum Gasteiger partial charge on any atom is 0.345 e. The average molecular weight is 282 g/mol. The molecule has 0 radical (unpaired) electrons. The van der Waals surface area contributed by atoms with Gasteiger partial charge in [-0.3, -0.25) is 0 Å². The number of carboxylic acids is 1. The van der Waals surface area contributed by atoms with Crippen molar-refractivity contribution in [3.63, 3.8) is 0 Å². The van der Waals surface area contributed by atoms with E-state index in [0.29, 0.717) is 23.0 Å². The molecular formula is C15H22O3S. The summed E-state index contributed by atoms with van der Waals surface area (Å²) < 4.78 is 5.95. The lowest BCUT2D eigenvalue weighted by Gasteiger charge is -2.34. The molecule has 0 atom stereocenters. The van der Waals surface area contributed by atoms with E-state index < -0.39 is 5.97 Å². The highest BCUT2D eigenvalue weighted by Crippen LogP contribution is 2.36. The second kappa shape index (κ2) is 5.63. The summed E-state index contributed by atoms with van der Waals surface area (Å²) in [6.45, 7) is 7.12. The Hall–Kier alpha value is -0.870. The fourth-order valence-corrected chi connectivity index (χ4v) is 3.38. The Balaban J connectivity index is 1.88. The molecule has 1 aromatic heterocycles. The Morgan fingerprint density at radius 2 is 2.11 bits per heavy atom. The third-order valence-corrected chi connectivity index (χ3v) is 5.07. The zero-order valence-electron chi connectivity index (χ0n) is 11.9. The van der Waals surface area contributed by atoms with Crippen LogP contribution in [0.5, 0.6) is 0 Å². The first-order chi connectivity index (χ1) is 8.87. The topological polar surface area (TPSA) is 46.5 Å². The highest BCUT2D eigenvalue weighted by molar-refractivity contribution is 7.14. The van der Waals surface area contributed by atoms with Crippen LogP contribution in [0.1, 0.15) is 59.6 Å². The Morgan fingerprint density at radius 3 is 2.63 bits per heavy atom. The van der Waals surface area contributed by atoms with Crippen molar-refractivity contribution in [1.29, 1.82) is 0 Å². The van der Waals surface area contributed by atoms with E-state index in [1.165, 1.54) is 24.2 Å². The lowest BCUT2D eigenvalue weighted by atomic mass is 9.76. The molecule has 3 nitrogen and oxygen atoms in total. The molecule has 0 amide bonds. The first-order valence-corrected chi connectivity index (χ1v) is 7.63. The van der Waals surface area contributed by atoms with Crippen molar-refractivity contribution in [2.24, 2.45) is 5.41 Å².